The number of fused-ring (bicyclic) bond motifs is 6. The molecule has 0 fully saturated rings. The van der Waals surface area contributed by atoms with Gasteiger partial charge in [-0.3, -0.25) is 0 Å². The number of rotatable bonds is 4. The number of nitrogens with one attached hydrogen (secondary N) is 1. The van der Waals surface area contributed by atoms with Crippen molar-refractivity contribution in [1.82, 2.24) is 15.0 Å². The van der Waals surface area contributed by atoms with Crippen LogP contribution >= 0.6 is 0 Å². The number of hydrogen-bond acceptors (Lipinski definition) is 5. The summed E-state index contributed by atoms with van der Waals surface area (Å²) >= 11 is 0. The zero-order valence-corrected chi connectivity index (χ0v) is 26.3. The van der Waals surface area contributed by atoms with E-state index in [0.717, 1.165) is 49.6 Å². The van der Waals surface area contributed by atoms with Crippen LogP contribution in [0.3, 0.4) is 0 Å². The third-order valence-corrected chi connectivity index (χ3v) is 9.51. The van der Waals surface area contributed by atoms with Crippen LogP contribution < -0.4 is 5.32 Å². The Morgan fingerprint density at radius 3 is 1.61 bits per heavy atom. The van der Waals surface area contributed by atoms with Gasteiger partial charge in [0.15, 0.2) is 17.5 Å². The van der Waals surface area contributed by atoms with Gasteiger partial charge < -0.3 is 9.73 Å². The second-order valence-corrected chi connectivity index (χ2v) is 12.5. The molecule has 1 aliphatic heterocycles. The van der Waals surface area contributed by atoms with Crippen molar-refractivity contribution in [2.75, 3.05) is 5.32 Å². The molecule has 0 amide bonds. The molecule has 1 unspecified atom stereocenters. The smallest absolute Gasteiger partial charge is 0.202 e. The summed E-state index contributed by atoms with van der Waals surface area (Å²) in [6, 6.07) is 52.5. The van der Waals surface area contributed by atoms with Gasteiger partial charge in [0.2, 0.25) is 5.88 Å². The van der Waals surface area contributed by atoms with Crippen molar-refractivity contribution in [3.8, 4) is 22.8 Å². The maximum atomic E-state index is 6.48. The molecule has 5 nitrogen and oxygen atoms in total. The van der Waals surface area contributed by atoms with E-state index < -0.39 is 0 Å². The van der Waals surface area contributed by atoms with Gasteiger partial charge in [0.05, 0.1) is 11.6 Å². The molecule has 5 heteroatoms. The summed E-state index contributed by atoms with van der Waals surface area (Å²) in [4.78, 5) is 15.6. The molecular weight excluding hydrogens is 601 g/mol. The molecule has 1 N–H and O–H groups in total. The largest absolute Gasteiger partial charge is 0.440 e. The van der Waals surface area contributed by atoms with Crippen molar-refractivity contribution in [2.24, 2.45) is 0 Å². The van der Waals surface area contributed by atoms with Gasteiger partial charge in [0.25, 0.3) is 0 Å². The second kappa shape index (κ2) is 11.0. The highest BCUT2D eigenvalue weighted by molar-refractivity contribution is 6.02. The summed E-state index contributed by atoms with van der Waals surface area (Å²) in [7, 11) is 0. The van der Waals surface area contributed by atoms with Crippen molar-refractivity contribution < 1.29 is 4.42 Å². The van der Waals surface area contributed by atoms with Gasteiger partial charge >= 0.3 is 0 Å². The Balaban J connectivity index is 1.21. The fourth-order valence-corrected chi connectivity index (χ4v) is 7.03. The molecule has 0 aliphatic carbocycles. The molecule has 1 aliphatic rings. The van der Waals surface area contributed by atoms with E-state index in [4.69, 9.17) is 19.4 Å². The summed E-state index contributed by atoms with van der Waals surface area (Å²) in [6.07, 6.45) is 2.23. The van der Waals surface area contributed by atoms with Gasteiger partial charge in [-0.25, -0.2) is 15.0 Å². The number of hydrogen-bond donors (Lipinski definition) is 1. The van der Waals surface area contributed by atoms with Gasteiger partial charge in [-0.15, -0.1) is 0 Å². The van der Waals surface area contributed by atoms with Crippen LogP contribution in [0.5, 0.6) is 0 Å². The molecule has 0 radical (unpaired) electrons. The van der Waals surface area contributed by atoms with Crippen LogP contribution in [-0.4, -0.2) is 15.0 Å². The first-order valence-corrected chi connectivity index (χ1v) is 16.5. The molecule has 230 valence electrons. The number of anilines is 1. The fraction of sp³-hybridized carbons (Fsp3) is 0.0227. The van der Waals surface area contributed by atoms with Gasteiger partial charge in [-0.05, 0) is 68.2 Å². The van der Waals surface area contributed by atoms with Crippen molar-refractivity contribution in [2.45, 2.75) is 6.04 Å². The average molecular weight is 629 g/mol. The minimum Gasteiger partial charge on any atom is -0.440 e. The van der Waals surface area contributed by atoms with Gasteiger partial charge in [-0.2, -0.15) is 0 Å². The van der Waals surface area contributed by atoms with Crippen LogP contribution in [0.15, 0.2) is 162 Å². The van der Waals surface area contributed by atoms with Gasteiger partial charge in [-0.1, -0.05) is 127 Å². The minimum atomic E-state index is -0.169. The summed E-state index contributed by atoms with van der Waals surface area (Å²) < 4.78 is 6.48. The summed E-state index contributed by atoms with van der Waals surface area (Å²) in [5.41, 5.74) is 5.66. The minimum absolute atomic E-state index is 0.169. The van der Waals surface area contributed by atoms with Crippen LogP contribution in [0.25, 0.3) is 71.6 Å². The SMILES string of the molecule is C1=C(c2nc(-c3ccc4ccccc4c3)nc(-c3ccc4ccccc4c3)n2)c2c(oc3ccccc23)NC1c1ccc2ccccc2c1. The molecule has 0 bridgehead atoms. The molecule has 0 saturated carbocycles. The number of benzene rings is 7. The zero-order valence-electron chi connectivity index (χ0n) is 26.3. The Kier molecular flexibility index (Phi) is 6.18. The second-order valence-electron chi connectivity index (χ2n) is 12.5. The highest BCUT2D eigenvalue weighted by Crippen LogP contribution is 2.44. The lowest BCUT2D eigenvalue weighted by molar-refractivity contribution is 0.618. The molecule has 49 heavy (non-hydrogen) atoms. The van der Waals surface area contributed by atoms with Gasteiger partial charge in [0, 0.05) is 22.1 Å². The molecule has 10 rings (SSSR count). The number of aromatic nitrogens is 3. The van der Waals surface area contributed by atoms with Crippen molar-refractivity contribution in [3.05, 3.63) is 175 Å². The normalized spacial score (nSPS) is 14.2. The third-order valence-electron chi connectivity index (χ3n) is 9.51. The summed E-state index contributed by atoms with van der Waals surface area (Å²) in [6.45, 7) is 0. The van der Waals surface area contributed by atoms with E-state index in [1.807, 2.05) is 18.2 Å². The standard InChI is InChI=1S/C44H28N4O/c1-4-12-30-23-33(20-17-27(30)9-1)38-26-37(40-36-15-7-8-16-39(36)49-44(40)45-38)43-47-41(34-21-18-28-10-2-5-13-31(28)24-34)46-42(48-43)35-22-19-29-11-3-6-14-32(29)25-35/h1-26,38,45H. The van der Waals surface area contributed by atoms with E-state index in [-0.39, 0.29) is 6.04 Å². The molecule has 7 aromatic carbocycles. The van der Waals surface area contributed by atoms with Gasteiger partial charge in [0.1, 0.15) is 5.58 Å². The Morgan fingerprint density at radius 2 is 0.980 bits per heavy atom. The molecular formula is C44H28N4O. The Morgan fingerprint density at radius 1 is 0.469 bits per heavy atom. The highest BCUT2D eigenvalue weighted by Gasteiger charge is 2.29. The maximum Gasteiger partial charge on any atom is 0.202 e. The van der Waals surface area contributed by atoms with E-state index in [9.17, 15) is 0 Å². The van der Waals surface area contributed by atoms with E-state index in [1.165, 1.54) is 21.5 Å². The molecule has 0 saturated heterocycles. The third kappa shape index (κ3) is 4.75. The lowest BCUT2D eigenvalue weighted by Gasteiger charge is -2.23. The number of nitrogens with zero attached hydrogens (tertiary/aromatic N) is 3. The monoisotopic (exact) mass is 628 g/mol. The lowest BCUT2D eigenvalue weighted by Crippen LogP contribution is -2.15. The van der Waals surface area contributed by atoms with Crippen molar-refractivity contribution in [3.63, 3.8) is 0 Å². The first-order chi connectivity index (χ1) is 24.2. The first-order valence-electron chi connectivity index (χ1n) is 16.5. The van der Waals surface area contributed by atoms with E-state index in [2.05, 4.69) is 145 Å². The fourth-order valence-electron chi connectivity index (χ4n) is 7.03. The van der Waals surface area contributed by atoms with Crippen LogP contribution in [0.1, 0.15) is 23.0 Å². The topological polar surface area (TPSA) is 63.8 Å². The van der Waals surface area contributed by atoms with Crippen LogP contribution in [-0.2, 0) is 0 Å². The Hall–Kier alpha value is -6.59. The Labute approximate surface area is 282 Å². The zero-order chi connectivity index (χ0) is 32.3. The molecule has 3 heterocycles. The molecule has 2 aromatic heterocycles. The van der Waals surface area contributed by atoms with E-state index in [1.54, 1.807) is 0 Å². The summed E-state index contributed by atoms with van der Waals surface area (Å²) in [5, 5.41) is 11.7. The first kappa shape index (κ1) is 27.5. The van der Waals surface area contributed by atoms with E-state index in [0.29, 0.717) is 23.4 Å². The average Bonchev–Trinajstić information content (AvgIpc) is 3.55. The molecule has 9 aromatic rings. The number of furan rings is 1. The predicted octanol–water partition coefficient (Wildman–Crippen LogP) is 11.0. The molecule has 1 atom stereocenters. The predicted molar refractivity (Wildman–Crippen MR) is 199 cm³/mol. The van der Waals surface area contributed by atoms with Crippen LogP contribution in [0.4, 0.5) is 5.88 Å². The quantitative estimate of drug-likeness (QED) is 0.210. The highest BCUT2D eigenvalue weighted by atomic mass is 16.4. The molecule has 0 spiro atoms. The lowest BCUT2D eigenvalue weighted by atomic mass is 9.93. The maximum absolute atomic E-state index is 6.48. The van der Waals surface area contributed by atoms with Crippen LogP contribution in [0.2, 0.25) is 0 Å². The van der Waals surface area contributed by atoms with Crippen LogP contribution in [0, 0.1) is 0 Å². The van der Waals surface area contributed by atoms with Crippen molar-refractivity contribution >= 4 is 54.7 Å². The van der Waals surface area contributed by atoms with Crippen molar-refractivity contribution in [1.29, 1.82) is 0 Å². The number of para-hydroxylation sites is 1. The summed E-state index contributed by atoms with van der Waals surface area (Å²) in [5.74, 6) is 2.54. The van der Waals surface area contributed by atoms with E-state index >= 15 is 0 Å². The Bertz CT molecular complexity index is 2680.